The maximum atomic E-state index is 6.17. The lowest BCUT2D eigenvalue weighted by atomic mass is 11.1. The highest BCUT2D eigenvalue weighted by Crippen LogP contribution is 1.51. The molecule has 0 saturated heterocycles. The van der Waals surface area contributed by atoms with Crippen molar-refractivity contribution < 1.29 is 0 Å². The standard InChI is InChI=1S/CH4N4/c2-1(3)5-4/h4H,(H3,2,3). The summed E-state index contributed by atoms with van der Waals surface area (Å²) in [6.45, 7) is 0. The van der Waals surface area contributed by atoms with Gasteiger partial charge >= 0.3 is 0 Å². The average molecular weight is 72.1 g/mol. The van der Waals surface area contributed by atoms with Crippen molar-refractivity contribution in [1.82, 2.24) is 0 Å². The number of nitrogens with zero attached hydrogens (tertiary/aromatic N) is 1. The van der Waals surface area contributed by atoms with Gasteiger partial charge in [0.25, 0.3) is 0 Å². The van der Waals surface area contributed by atoms with Crippen LogP contribution in [0.2, 0.25) is 0 Å². The molecule has 0 aliphatic heterocycles. The van der Waals surface area contributed by atoms with E-state index in [1.54, 1.807) is 0 Å². The molecule has 0 unspecified atom stereocenters. The van der Waals surface area contributed by atoms with Crippen LogP contribution in [-0.4, -0.2) is 5.96 Å². The molecule has 4 nitrogen and oxygen atoms in total. The van der Waals surface area contributed by atoms with Crippen LogP contribution in [0.25, 0.3) is 0 Å². The molecular weight excluding hydrogens is 68.0 g/mol. The molecule has 0 aliphatic rings. The predicted octanol–water partition coefficient (Wildman–Crippen LogP) is -0.0892. The molecule has 0 saturated carbocycles. The third kappa shape index (κ3) is 3.07. The smallest absolute Gasteiger partial charge is 0.231 e. The average Bonchev–Trinajstić information content (AvgIpc) is 1.38. The summed E-state index contributed by atoms with van der Waals surface area (Å²) in [7, 11) is 0. The molecule has 0 rings (SSSR count). The Morgan fingerprint density at radius 2 is 2.00 bits per heavy atom. The number of nitrogens with one attached hydrogen (secondary N) is 2. The van der Waals surface area contributed by atoms with Gasteiger partial charge in [0, 0.05) is 0 Å². The Balaban J connectivity index is 3.20. The first-order valence-electron chi connectivity index (χ1n) is 0.986. The Morgan fingerprint density at radius 3 is 2.00 bits per heavy atom. The fraction of sp³-hybridized carbons (Fsp3) is 0. The van der Waals surface area contributed by atoms with E-state index < -0.39 is 5.96 Å². The fourth-order valence-electron chi connectivity index (χ4n) is 0. The highest BCUT2D eigenvalue weighted by atomic mass is 15.1. The molecule has 0 heterocycles. The van der Waals surface area contributed by atoms with Crippen LogP contribution in [0.3, 0.4) is 0 Å². The van der Waals surface area contributed by atoms with Gasteiger partial charge in [0.15, 0.2) is 0 Å². The zero-order valence-corrected chi connectivity index (χ0v) is 2.52. The van der Waals surface area contributed by atoms with Gasteiger partial charge in [-0.15, -0.1) is 5.11 Å². The lowest BCUT2D eigenvalue weighted by Crippen LogP contribution is -2.02. The molecule has 28 valence electrons. The summed E-state index contributed by atoms with van der Waals surface area (Å²) in [5.74, 6) is -0.454. The molecule has 0 spiro atoms. The van der Waals surface area contributed by atoms with Gasteiger partial charge in [0.1, 0.15) is 0 Å². The summed E-state index contributed by atoms with van der Waals surface area (Å²) in [6.07, 6.45) is 0. The number of rotatable bonds is 0. The van der Waals surface area contributed by atoms with Gasteiger partial charge in [0.05, 0.1) is 0 Å². The van der Waals surface area contributed by atoms with Crippen molar-refractivity contribution in [2.75, 3.05) is 0 Å². The molecule has 0 atom stereocenters. The molecule has 4 heteroatoms. The highest BCUT2D eigenvalue weighted by molar-refractivity contribution is 5.74. The number of hydrogen-bond acceptors (Lipinski definition) is 2. The molecule has 0 fully saturated rings. The van der Waals surface area contributed by atoms with Crippen LogP contribution in [0.15, 0.2) is 5.11 Å². The van der Waals surface area contributed by atoms with Crippen molar-refractivity contribution in [1.29, 1.82) is 10.9 Å². The molecule has 0 aromatic carbocycles. The van der Waals surface area contributed by atoms with Crippen LogP contribution >= 0.6 is 0 Å². The summed E-state index contributed by atoms with van der Waals surface area (Å²) in [5.41, 5.74) is 10.5. The minimum atomic E-state index is -0.454. The quantitative estimate of drug-likeness (QED) is 0.208. The van der Waals surface area contributed by atoms with Crippen LogP contribution in [0.4, 0.5) is 0 Å². The Morgan fingerprint density at radius 1 is 1.80 bits per heavy atom. The normalized spacial score (nSPS) is 6.40. The van der Waals surface area contributed by atoms with Crippen LogP contribution in [0, 0.1) is 10.9 Å². The Labute approximate surface area is 29.0 Å². The minimum absolute atomic E-state index is 0.454. The molecule has 0 radical (unpaired) electrons. The number of nitrogens with two attached hydrogens (primary N) is 1. The van der Waals surface area contributed by atoms with Crippen molar-refractivity contribution in [3.8, 4) is 0 Å². The second-order valence-corrected chi connectivity index (χ2v) is 0.497. The van der Waals surface area contributed by atoms with Crippen molar-refractivity contribution in [3.63, 3.8) is 0 Å². The SMILES string of the molecule is N=NC(=N)N. The summed E-state index contributed by atoms with van der Waals surface area (Å²) in [5, 5.41) is 8.67. The molecule has 0 aliphatic carbocycles. The van der Waals surface area contributed by atoms with E-state index in [0.717, 1.165) is 0 Å². The van der Waals surface area contributed by atoms with Gasteiger partial charge in [-0.3, -0.25) is 5.41 Å². The van der Waals surface area contributed by atoms with E-state index in [1.807, 2.05) is 0 Å². The second-order valence-electron chi connectivity index (χ2n) is 0.497. The van der Waals surface area contributed by atoms with Crippen LogP contribution in [0.1, 0.15) is 0 Å². The van der Waals surface area contributed by atoms with Crippen molar-refractivity contribution in [2.24, 2.45) is 10.8 Å². The summed E-state index contributed by atoms with van der Waals surface area (Å²) in [4.78, 5) is 0. The Kier molecular flexibility index (Phi) is 1.14. The summed E-state index contributed by atoms with van der Waals surface area (Å²) >= 11 is 0. The third-order valence-electron chi connectivity index (χ3n) is 0.120. The Bertz CT molecular complexity index is 54.7. The predicted molar refractivity (Wildman–Crippen MR) is 17.1 cm³/mol. The topological polar surface area (TPSA) is 86.1 Å². The van der Waals surface area contributed by atoms with E-state index in [9.17, 15) is 0 Å². The zero-order chi connectivity index (χ0) is 4.28. The van der Waals surface area contributed by atoms with Crippen LogP contribution in [-0.2, 0) is 0 Å². The fourth-order valence-corrected chi connectivity index (χ4v) is 0. The van der Waals surface area contributed by atoms with Gasteiger partial charge in [0.2, 0.25) is 5.96 Å². The maximum absolute atomic E-state index is 6.17. The summed E-state index contributed by atoms with van der Waals surface area (Å²) in [6, 6.07) is 0. The van der Waals surface area contributed by atoms with Crippen LogP contribution in [0.5, 0.6) is 0 Å². The van der Waals surface area contributed by atoms with Gasteiger partial charge in [-0.1, -0.05) is 0 Å². The first-order chi connectivity index (χ1) is 2.27. The highest BCUT2D eigenvalue weighted by Gasteiger charge is 1.65. The van der Waals surface area contributed by atoms with E-state index in [4.69, 9.17) is 10.9 Å². The summed E-state index contributed by atoms with van der Waals surface area (Å²) < 4.78 is 0. The number of guanidine groups is 1. The van der Waals surface area contributed by atoms with E-state index in [2.05, 4.69) is 10.8 Å². The van der Waals surface area contributed by atoms with E-state index >= 15 is 0 Å². The van der Waals surface area contributed by atoms with Gasteiger partial charge in [-0.25, -0.2) is 5.53 Å². The molecule has 0 amide bonds. The van der Waals surface area contributed by atoms with Crippen molar-refractivity contribution >= 4 is 5.96 Å². The van der Waals surface area contributed by atoms with Gasteiger partial charge < -0.3 is 5.73 Å². The van der Waals surface area contributed by atoms with E-state index in [-0.39, 0.29) is 0 Å². The molecule has 4 N–H and O–H groups in total. The molecule has 0 aromatic heterocycles. The number of hydrogen-bond donors (Lipinski definition) is 3. The molecule has 0 bridgehead atoms. The third-order valence-corrected chi connectivity index (χ3v) is 0.120. The van der Waals surface area contributed by atoms with E-state index in [1.165, 1.54) is 0 Å². The first kappa shape index (κ1) is 4.07. The Hall–Kier alpha value is -0.930. The van der Waals surface area contributed by atoms with Gasteiger partial charge in [-0.05, 0) is 0 Å². The zero-order valence-electron chi connectivity index (χ0n) is 2.52. The maximum Gasteiger partial charge on any atom is 0.231 e. The first-order valence-corrected chi connectivity index (χ1v) is 0.986. The van der Waals surface area contributed by atoms with E-state index in [0.29, 0.717) is 0 Å². The molecule has 5 heavy (non-hydrogen) atoms. The van der Waals surface area contributed by atoms with Crippen molar-refractivity contribution in [3.05, 3.63) is 0 Å². The van der Waals surface area contributed by atoms with Gasteiger partial charge in [-0.2, -0.15) is 0 Å². The monoisotopic (exact) mass is 72.0 g/mol. The lowest BCUT2D eigenvalue weighted by Gasteiger charge is -1.69. The largest absolute Gasteiger partial charge is 0.367 e. The van der Waals surface area contributed by atoms with Crippen molar-refractivity contribution in [2.45, 2.75) is 0 Å². The minimum Gasteiger partial charge on any atom is -0.367 e. The van der Waals surface area contributed by atoms with Crippen LogP contribution < -0.4 is 5.73 Å². The molecule has 0 aromatic rings. The molecular formula is CH4N4. The second kappa shape index (κ2) is 1.40. The lowest BCUT2D eigenvalue weighted by molar-refractivity contribution is 1.15.